The number of carbonyl (C=O) groups excluding carboxylic acids is 2. The number of amides is 3. The first-order chi connectivity index (χ1) is 19.2. The van der Waals surface area contributed by atoms with Crippen LogP contribution in [0.15, 0.2) is 79.3 Å². The smallest absolute Gasteiger partial charge is 0.492 e. The molecule has 0 unspecified atom stereocenters. The number of urea groups is 1. The highest BCUT2D eigenvalue weighted by molar-refractivity contribution is 5.99. The Morgan fingerprint density at radius 3 is 2.40 bits per heavy atom. The van der Waals surface area contributed by atoms with Gasteiger partial charge in [-0.25, -0.2) is 9.78 Å². The molecule has 40 heavy (non-hydrogen) atoms. The van der Waals surface area contributed by atoms with Gasteiger partial charge >= 0.3 is 12.4 Å². The van der Waals surface area contributed by atoms with E-state index in [1.54, 1.807) is 27.6 Å². The highest BCUT2D eigenvalue weighted by Crippen LogP contribution is 2.24. The van der Waals surface area contributed by atoms with Gasteiger partial charge in [-0.15, -0.1) is 13.2 Å². The average Bonchev–Trinajstić information content (AvgIpc) is 3.57. The third-order valence-corrected chi connectivity index (χ3v) is 5.32. The molecular formula is C26H26F3N7O4. The Labute approximate surface area is 226 Å². The number of imidazole rings is 1. The lowest BCUT2D eigenvalue weighted by atomic mass is 10.3. The monoisotopic (exact) mass is 557 g/mol. The largest absolute Gasteiger partial charge is 0.573 e. The standard InChI is InChI=1S/C26H26F3N7O4/c27-26(28,29)40-21-10-8-19(9-11-21)32-25(38)34-22-18-35(16-17-39-20-6-2-1-3-7-20)23(33-22)24(37)30-12-4-14-36-15-5-13-31-36/h1-3,5-11,13,15,18H,4,12,14,16-17H2,(H,30,37)(H2,32,34,38). The number of rotatable bonds is 12. The Bertz CT molecular complexity index is 1380. The Morgan fingerprint density at radius 1 is 0.925 bits per heavy atom. The minimum Gasteiger partial charge on any atom is -0.492 e. The molecule has 0 fully saturated rings. The quantitative estimate of drug-likeness (QED) is 0.220. The summed E-state index contributed by atoms with van der Waals surface area (Å²) in [5, 5.41) is 11.9. The first-order valence-electron chi connectivity index (χ1n) is 12.2. The Hall–Kier alpha value is -5.01. The van der Waals surface area contributed by atoms with Crippen LogP contribution in [0.2, 0.25) is 0 Å². The van der Waals surface area contributed by atoms with Crippen molar-refractivity contribution in [2.45, 2.75) is 25.9 Å². The van der Waals surface area contributed by atoms with Crippen LogP contribution in [0.4, 0.5) is 29.5 Å². The Balaban J connectivity index is 1.37. The molecule has 210 valence electrons. The van der Waals surface area contributed by atoms with E-state index in [0.717, 1.165) is 12.1 Å². The van der Waals surface area contributed by atoms with Gasteiger partial charge in [-0.05, 0) is 48.9 Å². The number of halogens is 3. The maximum Gasteiger partial charge on any atom is 0.573 e. The molecule has 11 nitrogen and oxygen atoms in total. The molecule has 3 amide bonds. The van der Waals surface area contributed by atoms with Gasteiger partial charge in [0.25, 0.3) is 5.91 Å². The lowest BCUT2D eigenvalue weighted by Gasteiger charge is -2.10. The van der Waals surface area contributed by atoms with Crippen molar-refractivity contribution in [3.05, 3.63) is 85.1 Å². The zero-order valence-corrected chi connectivity index (χ0v) is 21.1. The van der Waals surface area contributed by atoms with Crippen LogP contribution >= 0.6 is 0 Å². The third kappa shape index (κ3) is 8.79. The van der Waals surface area contributed by atoms with Crippen LogP contribution in [0, 0.1) is 0 Å². The SMILES string of the molecule is O=C(Nc1ccc(OC(F)(F)F)cc1)Nc1cn(CCOc2ccccc2)c(C(=O)NCCCn2cccn2)n1. The molecule has 4 aromatic rings. The van der Waals surface area contributed by atoms with Gasteiger partial charge in [-0.2, -0.15) is 5.10 Å². The highest BCUT2D eigenvalue weighted by atomic mass is 19.4. The van der Waals surface area contributed by atoms with Gasteiger partial charge in [0.15, 0.2) is 5.82 Å². The van der Waals surface area contributed by atoms with E-state index in [-0.39, 0.29) is 30.5 Å². The predicted molar refractivity (Wildman–Crippen MR) is 139 cm³/mol. The fourth-order valence-electron chi connectivity index (χ4n) is 3.58. The summed E-state index contributed by atoms with van der Waals surface area (Å²) in [6.45, 7) is 1.51. The summed E-state index contributed by atoms with van der Waals surface area (Å²) in [4.78, 5) is 29.7. The van der Waals surface area contributed by atoms with E-state index in [4.69, 9.17) is 4.74 Å². The molecule has 0 radical (unpaired) electrons. The van der Waals surface area contributed by atoms with E-state index < -0.39 is 24.1 Å². The number of para-hydroxylation sites is 1. The van der Waals surface area contributed by atoms with Crippen LogP contribution in [0.25, 0.3) is 0 Å². The number of alkyl halides is 3. The van der Waals surface area contributed by atoms with Gasteiger partial charge in [0.1, 0.15) is 18.1 Å². The number of benzene rings is 2. The Kier molecular flexibility index (Phi) is 9.23. The zero-order valence-electron chi connectivity index (χ0n) is 21.1. The summed E-state index contributed by atoms with van der Waals surface area (Å²) in [6, 6.07) is 14.9. The molecular weight excluding hydrogens is 531 g/mol. The van der Waals surface area contributed by atoms with Gasteiger partial charge in [-0.3, -0.25) is 14.8 Å². The fourth-order valence-corrected chi connectivity index (χ4v) is 3.58. The average molecular weight is 558 g/mol. The summed E-state index contributed by atoms with van der Waals surface area (Å²) in [7, 11) is 0. The van der Waals surface area contributed by atoms with E-state index in [1.807, 2.05) is 30.5 Å². The van der Waals surface area contributed by atoms with Crippen LogP contribution in [0.3, 0.4) is 0 Å². The fraction of sp³-hybridized carbons (Fsp3) is 0.231. The van der Waals surface area contributed by atoms with Crippen LogP contribution in [0.5, 0.6) is 11.5 Å². The molecule has 0 atom stereocenters. The Morgan fingerprint density at radius 2 is 1.70 bits per heavy atom. The maximum atomic E-state index is 12.9. The minimum atomic E-state index is -4.82. The second-order valence-electron chi connectivity index (χ2n) is 8.33. The number of hydrogen-bond donors (Lipinski definition) is 3. The highest BCUT2D eigenvalue weighted by Gasteiger charge is 2.31. The molecule has 0 aliphatic carbocycles. The number of ether oxygens (including phenoxy) is 2. The van der Waals surface area contributed by atoms with E-state index in [0.29, 0.717) is 25.3 Å². The van der Waals surface area contributed by atoms with Crippen LogP contribution in [0.1, 0.15) is 17.0 Å². The van der Waals surface area contributed by atoms with Gasteiger partial charge in [-0.1, -0.05) is 18.2 Å². The van der Waals surface area contributed by atoms with Gasteiger partial charge < -0.3 is 24.7 Å². The number of nitrogens with zero attached hydrogens (tertiary/aromatic N) is 4. The van der Waals surface area contributed by atoms with Crippen molar-refractivity contribution in [2.24, 2.45) is 0 Å². The first-order valence-corrected chi connectivity index (χ1v) is 12.2. The topological polar surface area (TPSA) is 124 Å². The van der Waals surface area contributed by atoms with Crippen molar-refractivity contribution in [2.75, 3.05) is 23.8 Å². The van der Waals surface area contributed by atoms with E-state index in [2.05, 4.69) is 30.8 Å². The summed E-state index contributed by atoms with van der Waals surface area (Å²) in [5.41, 5.74) is 0.220. The molecule has 2 heterocycles. The second kappa shape index (κ2) is 13.2. The molecule has 2 aromatic heterocycles. The van der Waals surface area contributed by atoms with Crippen molar-refractivity contribution in [1.29, 1.82) is 0 Å². The lowest BCUT2D eigenvalue weighted by molar-refractivity contribution is -0.274. The van der Waals surface area contributed by atoms with Gasteiger partial charge in [0.05, 0.1) is 6.54 Å². The van der Waals surface area contributed by atoms with E-state index in [1.165, 1.54) is 18.3 Å². The van der Waals surface area contributed by atoms with Crippen molar-refractivity contribution in [3.63, 3.8) is 0 Å². The lowest BCUT2D eigenvalue weighted by Crippen LogP contribution is -2.29. The summed E-state index contributed by atoms with van der Waals surface area (Å²) < 4.78 is 49.9. The van der Waals surface area contributed by atoms with E-state index in [9.17, 15) is 22.8 Å². The predicted octanol–water partition coefficient (Wildman–Crippen LogP) is 4.52. The summed E-state index contributed by atoms with van der Waals surface area (Å²) in [6.07, 6.45) is 0.823. The molecule has 0 aliphatic rings. The van der Waals surface area contributed by atoms with Crippen molar-refractivity contribution in [3.8, 4) is 11.5 Å². The van der Waals surface area contributed by atoms with Crippen molar-refractivity contribution < 1.29 is 32.2 Å². The third-order valence-electron chi connectivity index (χ3n) is 5.32. The number of aromatic nitrogens is 4. The normalized spacial score (nSPS) is 11.1. The first kappa shape index (κ1) is 28.0. The molecule has 3 N–H and O–H groups in total. The molecule has 0 saturated carbocycles. The van der Waals surface area contributed by atoms with Crippen molar-refractivity contribution >= 4 is 23.4 Å². The molecule has 14 heteroatoms. The maximum absolute atomic E-state index is 12.9. The number of aryl methyl sites for hydroxylation is 1. The number of anilines is 2. The zero-order chi connectivity index (χ0) is 28.4. The van der Waals surface area contributed by atoms with E-state index >= 15 is 0 Å². The molecule has 4 rings (SSSR count). The van der Waals surface area contributed by atoms with Crippen molar-refractivity contribution in [1.82, 2.24) is 24.6 Å². The molecule has 2 aromatic carbocycles. The number of nitrogens with one attached hydrogen (secondary N) is 3. The summed E-state index contributed by atoms with van der Waals surface area (Å²) >= 11 is 0. The van der Waals surface area contributed by atoms with Crippen LogP contribution < -0.4 is 25.4 Å². The van der Waals surface area contributed by atoms with Gasteiger partial charge in [0.2, 0.25) is 5.82 Å². The molecule has 0 saturated heterocycles. The van der Waals surface area contributed by atoms with Gasteiger partial charge in [0, 0.05) is 37.4 Å². The van der Waals surface area contributed by atoms with Crippen LogP contribution in [-0.2, 0) is 13.1 Å². The molecule has 0 spiro atoms. The second-order valence-corrected chi connectivity index (χ2v) is 8.33. The number of carbonyl (C=O) groups is 2. The minimum absolute atomic E-state index is 0.0692. The molecule has 0 bridgehead atoms. The number of hydrogen-bond acceptors (Lipinski definition) is 6. The van der Waals surface area contributed by atoms with Crippen LogP contribution in [-0.4, -0.2) is 50.8 Å². The summed E-state index contributed by atoms with van der Waals surface area (Å²) in [5.74, 6) is -0.0312. The molecule has 0 aliphatic heterocycles.